The fraction of sp³-hybridized carbons (Fsp3) is 0.943. The van der Waals surface area contributed by atoms with Gasteiger partial charge in [-0.25, -0.2) is 0 Å². The molecule has 0 radical (unpaired) electrons. The summed E-state index contributed by atoms with van der Waals surface area (Å²) in [6.45, 7) is 11.4. The van der Waals surface area contributed by atoms with E-state index in [0.29, 0.717) is 19.3 Å². The lowest BCUT2D eigenvalue weighted by molar-refractivity contribution is -0.167. The van der Waals surface area contributed by atoms with Crippen LogP contribution in [0.15, 0.2) is 0 Å². The third kappa shape index (κ3) is 45.8. The van der Waals surface area contributed by atoms with Gasteiger partial charge in [0, 0.05) is 19.3 Å². The van der Waals surface area contributed by atoms with Crippen LogP contribution in [-0.4, -0.2) is 37.2 Å². The monoisotopic (exact) mass is 835 g/mol. The minimum Gasteiger partial charge on any atom is -0.462 e. The first kappa shape index (κ1) is 57.4. The van der Waals surface area contributed by atoms with Crippen LogP contribution in [0.4, 0.5) is 0 Å². The fourth-order valence-electron chi connectivity index (χ4n) is 7.96. The zero-order valence-corrected chi connectivity index (χ0v) is 40.4. The zero-order chi connectivity index (χ0) is 43.3. The van der Waals surface area contributed by atoms with Gasteiger partial charge in [0.05, 0.1) is 0 Å². The molecule has 6 heteroatoms. The van der Waals surface area contributed by atoms with Crippen LogP contribution in [0.2, 0.25) is 0 Å². The number of unbranched alkanes of at least 4 members (excludes halogenated alkanes) is 31. The summed E-state index contributed by atoms with van der Waals surface area (Å²) in [5, 5.41) is 0. The maximum Gasteiger partial charge on any atom is 0.306 e. The van der Waals surface area contributed by atoms with Gasteiger partial charge in [-0.2, -0.15) is 0 Å². The van der Waals surface area contributed by atoms with Gasteiger partial charge < -0.3 is 14.2 Å². The largest absolute Gasteiger partial charge is 0.462 e. The lowest BCUT2D eigenvalue weighted by Gasteiger charge is -2.18. The summed E-state index contributed by atoms with van der Waals surface area (Å²) >= 11 is 0. The van der Waals surface area contributed by atoms with Gasteiger partial charge in [-0.1, -0.05) is 253 Å². The average molecular weight is 835 g/mol. The molecule has 0 aromatic carbocycles. The molecule has 6 nitrogen and oxygen atoms in total. The highest BCUT2D eigenvalue weighted by atomic mass is 16.6. The molecule has 0 rings (SSSR count). The van der Waals surface area contributed by atoms with Crippen LogP contribution in [0.5, 0.6) is 0 Å². The molecule has 2 atom stereocenters. The molecule has 0 saturated carbocycles. The van der Waals surface area contributed by atoms with E-state index >= 15 is 0 Å². The van der Waals surface area contributed by atoms with Crippen molar-refractivity contribution in [3.8, 4) is 0 Å². The minimum atomic E-state index is -0.760. The smallest absolute Gasteiger partial charge is 0.306 e. The summed E-state index contributed by atoms with van der Waals surface area (Å²) in [5.41, 5.74) is 0. The van der Waals surface area contributed by atoms with Crippen molar-refractivity contribution in [3.05, 3.63) is 0 Å². The van der Waals surface area contributed by atoms with Crippen LogP contribution in [0.1, 0.15) is 291 Å². The van der Waals surface area contributed by atoms with E-state index in [2.05, 4.69) is 34.6 Å². The zero-order valence-electron chi connectivity index (χ0n) is 40.4. The van der Waals surface area contributed by atoms with Gasteiger partial charge in [-0.3, -0.25) is 14.4 Å². The predicted octanol–water partition coefficient (Wildman–Crippen LogP) is 16.9. The summed E-state index contributed by atoms with van der Waals surface area (Å²) < 4.78 is 16.7. The first-order chi connectivity index (χ1) is 28.8. The first-order valence-corrected chi connectivity index (χ1v) is 26.3. The Morgan fingerprint density at radius 1 is 0.356 bits per heavy atom. The molecule has 0 aliphatic carbocycles. The van der Waals surface area contributed by atoms with Crippen LogP contribution in [0, 0.1) is 11.8 Å². The van der Waals surface area contributed by atoms with E-state index < -0.39 is 6.10 Å². The summed E-state index contributed by atoms with van der Waals surface area (Å²) in [5.74, 6) is 0.862. The topological polar surface area (TPSA) is 78.9 Å². The van der Waals surface area contributed by atoms with E-state index in [9.17, 15) is 14.4 Å². The summed E-state index contributed by atoms with van der Waals surface area (Å²) in [6, 6.07) is 0. The highest BCUT2D eigenvalue weighted by Gasteiger charge is 2.19. The quantitative estimate of drug-likeness (QED) is 0.0345. The number of hydrogen-bond acceptors (Lipinski definition) is 6. The van der Waals surface area contributed by atoms with Gasteiger partial charge in [-0.05, 0) is 31.1 Å². The van der Waals surface area contributed by atoms with Gasteiger partial charge in [0.2, 0.25) is 0 Å². The van der Waals surface area contributed by atoms with E-state index in [0.717, 1.165) is 69.6 Å². The summed E-state index contributed by atoms with van der Waals surface area (Å²) in [6.07, 6.45) is 46.8. The molecular formula is C53H102O6. The van der Waals surface area contributed by atoms with Crippen molar-refractivity contribution in [3.63, 3.8) is 0 Å². The highest BCUT2D eigenvalue weighted by molar-refractivity contribution is 5.71. The van der Waals surface area contributed by atoms with E-state index in [1.807, 2.05) is 0 Å². The van der Waals surface area contributed by atoms with Crippen molar-refractivity contribution in [1.82, 2.24) is 0 Å². The van der Waals surface area contributed by atoms with E-state index in [1.165, 1.54) is 180 Å². The van der Waals surface area contributed by atoms with Gasteiger partial charge >= 0.3 is 17.9 Å². The molecule has 0 aromatic heterocycles. The Kier molecular flexibility index (Phi) is 44.7. The van der Waals surface area contributed by atoms with Gasteiger partial charge in [0.15, 0.2) is 6.10 Å². The van der Waals surface area contributed by atoms with Crippen LogP contribution in [0.3, 0.4) is 0 Å². The van der Waals surface area contributed by atoms with Crippen LogP contribution in [0.25, 0.3) is 0 Å². The van der Waals surface area contributed by atoms with Crippen LogP contribution < -0.4 is 0 Å². The van der Waals surface area contributed by atoms with Gasteiger partial charge in [0.25, 0.3) is 0 Å². The Morgan fingerprint density at radius 2 is 0.644 bits per heavy atom. The third-order valence-electron chi connectivity index (χ3n) is 12.3. The standard InChI is InChI=1S/C53H102O6/c1-6-8-9-10-26-35-40-45-53(56)59-50(47-58-52(55)44-39-34-30-25-21-22-27-31-36-41-48(3)4)46-57-51(54)43-38-33-29-24-20-18-16-14-12-11-13-15-17-19-23-28-32-37-42-49(5)7-2/h48-50H,6-47H2,1-5H3/t49?,50-/m0/s1. The molecule has 0 N–H and O–H groups in total. The van der Waals surface area contributed by atoms with Crippen molar-refractivity contribution in [2.24, 2.45) is 11.8 Å². The lowest BCUT2D eigenvalue weighted by atomic mass is 9.99. The maximum atomic E-state index is 12.7. The third-order valence-corrected chi connectivity index (χ3v) is 12.3. The molecular weight excluding hydrogens is 733 g/mol. The summed E-state index contributed by atoms with van der Waals surface area (Å²) in [4.78, 5) is 37.7. The van der Waals surface area contributed by atoms with Crippen molar-refractivity contribution in [2.45, 2.75) is 298 Å². The van der Waals surface area contributed by atoms with Crippen molar-refractivity contribution >= 4 is 17.9 Å². The molecule has 0 saturated heterocycles. The van der Waals surface area contributed by atoms with Crippen LogP contribution in [-0.2, 0) is 28.6 Å². The number of hydrogen-bond donors (Lipinski definition) is 0. The lowest BCUT2D eigenvalue weighted by Crippen LogP contribution is -2.30. The number of carbonyl (C=O) groups excluding carboxylic acids is 3. The molecule has 0 fully saturated rings. The Morgan fingerprint density at radius 3 is 0.966 bits per heavy atom. The minimum absolute atomic E-state index is 0.0644. The molecule has 59 heavy (non-hydrogen) atoms. The molecule has 0 aliphatic heterocycles. The second-order valence-electron chi connectivity index (χ2n) is 18.9. The second-order valence-corrected chi connectivity index (χ2v) is 18.9. The fourth-order valence-corrected chi connectivity index (χ4v) is 7.96. The molecule has 350 valence electrons. The van der Waals surface area contributed by atoms with Gasteiger partial charge in [0.1, 0.15) is 13.2 Å². The van der Waals surface area contributed by atoms with E-state index in [1.54, 1.807) is 0 Å². The average Bonchev–Trinajstić information content (AvgIpc) is 3.22. The van der Waals surface area contributed by atoms with E-state index in [-0.39, 0.29) is 31.1 Å². The van der Waals surface area contributed by atoms with Crippen molar-refractivity contribution in [1.29, 1.82) is 0 Å². The molecule has 0 bridgehead atoms. The van der Waals surface area contributed by atoms with Crippen LogP contribution >= 0.6 is 0 Å². The number of rotatable bonds is 47. The molecule has 1 unspecified atom stereocenters. The Hall–Kier alpha value is -1.59. The first-order valence-electron chi connectivity index (χ1n) is 26.3. The second kappa shape index (κ2) is 45.9. The van der Waals surface area contributed by atoms with E-state index in [4.69, 9.17) is 14.2 Å². The SMILES string of the molecule is CCCCCCCCCC(=O)O[C@@H](COC(=O)CCCCCCCCCCCCCCCCCCCCC(C)CC)COC(=O)CCCCCCCCCCCC(C)C. The molecule has 0 heterocycles. The Balaban J connectivity index is 4.08. The normalized spacial score (nSPS) is 12.5. The molecule has 0 amide bonds. The predicted molar refractivity (Wildman–Crippen MR) is 252 cm³/mol. The number of ether oxygens (including phenoxy) is 3. The van der Waals surface area contributed by atoms with Crippen molar-refractivity contribution in [2.75, 3.05) is 13.2 Å². The van der Waals surface area contributed by atoms with Crippen molar-refractivity contribution < 1.29 is 28.6 Å². The highest BCUT2D eigenvalue weighted by Crippen LogP contribution is 2.18. The Bertz CT molecular complexity index is 902. The molecule has 0 aliphatic rings. The van der Waals surface area contributed by atoms with Gasteiger partial charge in [-0.15, -0.1) is 0 Å². The summed E-state index contributed by atoms with van der Waals surface area (Å²) in [7, 11) is 0. The number of esters is 3. The molecule has 0 aromatic rings. The Labute approximate surface area is 368 Å². The maximum absolute atomic E-state index is 12.7. The molecule has 0 spiro atoms. The number of carbonyl (C=O) groups is 3.